The molecule has 4 heteroatoms. The van der Waals surface area contributed by atoms with Gasteiger partial charge in [0.1, 0.15) is 0 Å². The molecule has 11 heavy (non-hydrogen) atoms. The second-order valence-electron chi connectivity index (χ2n) is 2.38. The van der Waals surface area contributed by atoms with Gasteiger partial charge in [-0.15, -0.1) is 0 Å². The Labute approximate surface area is 98.3 Å². The number of hydrogen-bond acceptors (Lipinski definition) is 1. The predicted molar refractivity (Wildman–Crippen MR) is 79.3 cm³/mol. The fourth-order valence-electron chi connectivity index (χ4n) is 0.835. The molecule has 1 aromatic rings. The van der Waals surface area contributed by atoms with Gasteiger partial charge in [-0.2, -0.15) is 0 Å². The van der Waals surface area contributed by atoms with E-state index in [0.717, 1.165) is 0 Å². The van der Waals surface area contributed by atoms with E-state index >= 15 is 0 Å². The molecule has 1 aromatic heterocycles. The minimum atomic E-state index is -0.776. The van der Waals surface area contributed by atoms with E-state index in [1.165, 1.54) is 10.4 Å². The van der Waals surface area contributed by atoms with Crippen LogP contribution in [0.4, 0.5) is 0 Å². The average Bonchev–Trinajstić information content (AvgIpc) is 2.17. The number of aryl methyl sites for hydroxylation is 1. The Balaban J connectivity index is 3.19. The Morgan fingerprint density at radius 2 is 1.64 bits per heavy atom. The summed E-state index contributed by atoms with van der Waals surface area (Å²) in [6.45, 7) is 6.72. The zero-order valence-corrected chi connectivity index (χ0v) is 13.8. The van der Waals surface area contributed by atoms with Crippen molar-refractivity contribution in [3.8, 4) is 0 Å². The molecule has 0 amide bonds. The molecule has 0 bridgehead atoms. The summed E-state index contributed by atoms with van der Waals surface area (Å²) in [7, 11) is 0. The van der Waals surface area contributed by atoms with Crippen molar-refractivity contribution in [2.24, 2.45) is 0 Å². The molecule has 0 spiro atoms. The minimum absolute atomic E-state index is 0.776. The second-order valence-corrected chi connectivity index (χ2v) is 27.9. The van der Waals surface area contributed by atoms with Crippen molar-refractivity contribution in [3.63, 3.8) is 0 Å². The molecular weight excluding hydrogens is 497 g/mol. The molecule has 0 nitrogen and oxygen atoms in total. The zero-order valence-electron chi connectivity index (χ0n) is 6.54. The van der Waals surface area contributed by atoms with Gasteiger partial charge in [0.25, 0.3) is 0 Å². The Hall–Kier alpha value is 1.89. The molecule has 0 aliphatic carbocycles. The maximum absolute atomic E-state index is 2.62. The number of thiophene rings is 1. The van der Waals surface area contributed by atoms with Gasteiger partial charge in [-0.1, -0.05) is 0 Å². The Morgan fingerprint density at radius 1 is 1.09 bits per heavy atom. The van der Waals surface area contributed by atoms with Crippen LogP contribution in [0.25, 0.3) is 0 Å². The molecule has 0 unspecified atom stereocenters. The summed E-state index contributed by atoms with van der Waals surface area (Å²) in [4.78, 5) is 1.51. The maximum atomic E-state index is 2.62. The van der Waals surface area contributed by atoms with Crippen LogP contribution in [0.1, 0.15) is 16.0 Å². The third-order valence-electron chi connectivity index (χ3n) is 1.76. The van der Waals surface area contributed by atoms with Gasteiger partial charge in [0.15, 0.2) is 0 Å². The molecule has 0 N–H and O–H groups in total. The summed E-state index contributed by atoms with van der Waals surface area (Å²) in [5, 5.41) is 0. The van der Waals surface area contributed by atoms with Crippen molar-refractivity contribution in [3.05, 3.63) is 18.9 Å². The fraction of sp³-hybridized carbons (Fsp3) is 0.429. The number of halogens is 3. The third-order valence-corrected chi connectivity index (χ3v) is 15.3. The van der Waals surface area contributed by atoms with Crippen molar-refractivity contribution in [1.29, 1.82) is 0 Å². The summed E-state index contributed by atoms with van der Waals surface area (Å²) in [6.07, 6.45) is 0. The number of rotatable bonds is 1. The van der Waals surface area contributed by atoms with Gasteiger partial charge in [-0.05, 0) is 0 Å². The van der Waals surface area contributed by atoms with Gasteiger partial charge in [-0.25, -0.2) is 0 Å². The molecule has 0 saturated carbocycles. The van der Waals surface area contributed by atoms with Crippen molar-refractivity contribution in [1.82, 2.24) is 0 Å². The first kappa shape index (κ1) is 11.0. The van der Waals surface area contributed by atoms with Crippen molar-refractivity contribution < 1.29 is 0 Å². The van der Waals surface area contributed by atoms with E-state index in [4.69, 9.17) is 0 Å². The van der Waals surface area contributed by atoms with Crippen molar-refractivity contribution in [2.75, 3.05) is 0 Å². The van der Waals surface area contributed by atoms with E-state index < -0.39 is 11.9 Å². The van der Waals surface area contributed by atoms with Crippen molar-refractivity contribution >= 4 is 60.4 Å². The first-order valence-electron chi connectivity index (χ1n) is 3.13. The van der Waals surface area contributed by atoms with Gasteiger partial charge in [0.2, 0.25) is 0 Å². The quantitative estimate of drug-likeness (QED) is 0.469. The first-order chi connectivity index (χ1) is 5.04. The van der Waals surface area contributed by atoms with Crippen LogP contribution in [-0.4, -0.2) is 0 Å². The molecular formula is C7H9I3S. The summed E-state index contributed by atoms with van der Waals surface area (Å²) in [5.74, 6) is 0. The van der Waals surface area contributed by atoms with E-state index in [0.29, 0.717) is 0 Å². The summed E-state index contributed by atoms with van der Waals surface area (Å²) in [6, 6.07) is 0. The van der Waals surface area contributed by atoms with Gasteiger partial charge in [0.05, 0.1) is 0 Å². The van der Waals surface area contributed by atoms with E-state index in [9.17, 15) is 0 Å². The topological polar surface area (TPSA) is 0 Å². The molecule has 0 saturated heterocycles. The van der Waals surface area contributed by atoms with E-state index in [1.807, 2.05) is 11.3 Å². The van der Waals surface area contributed by atoms with Gasteiger partial charge in [-0.3, -0.25) is 0 Å². The van der Waals surface area contributed by atoms with Crippen LogP contribution < -0.4 is 0 Å². The van der Waals surface area contributed by atoms with Gasteiger partial charge in [0, 0.05) is 0 Å². The van der Waals surface area contributed by atoms with Crippen LogP contribution in [-0.2, 0) is 0 Å². The molecule has 0 fully saturated rings. The third kappa shape index (κ3) is 2.43. The molecule has 0 atom stereocenters. The first-order valence-corrected chi connectivity index (χ1v) is 17.6. The van der Waals surface area contributed by atoms with Crippen LogP contribution in [0.2, 0.25) is 0 Å². The van der Waals surface area contributed by atoms with Crippen LogP contribution in [0.5, 0.6) is 0 Å². The monoisotopic (exact) mass is 506 g/mol. The van der Waals surface area contributed by atoms with Crippen LogP contribution in [0.15, 0.2) is 0 Å². The zero-order chi connectivity index (χ0) is 8.59. The van der Waals surface area contributed by atoms with E-state index in [-0.39, 0.29) is 0 Å². The summed E-state index contributed by atoms with van der Waals surface area (Å²) >= 11 is 6.46. The van der Waals surface area contributed by atoms with Gasteiger partial charge < -0.3 is 0 Å². The predicted octanol–water partition coefficient (Wildman–Crippen LogP) is 5.05. The Morgan fingerprint density at radius 3 is 1.82 bits per heavy atom. The summed E-state index contributed by atoms with van der Waals surface area (Å²) in [5.41, 5.74) is 3.07. The Bertz CT molecular complexity index is 265. The van der Waals surface area contributed by atoms with Crippen LogP contribution in [0, 0.1) is 23.7 Å². The van der Waals surface area contributed by atoms with Crippen LogP contribution >= 0.6 is 60.4 Å². The van der Waals surface area contributed by atoms with E-state index in [1.54, 1.807) is 8.45 Å². The molecule has 1 rings (SSSR count). The van der Waals surface area contributed by atoms with Crippen LogP contribution in [0.3, 0.4) is 0 Å². The molecule has 0 aliphatic rings. The molecule has 0 aliphatic heterocycles. The molecule has 0 aromatic carbocycles. The van der Waals surface area contributed by atoms with Crippen molar-refractivity contribution in [2.45, 2.75) is 20.8 Å². The second kappa shape index (κ2) is 4.41. The van der Waals surface area contributed by atoms with E-state index in [2.05, 4.69) is 58.0 Å². The van der Waals surface area contributed by atoms with Gasteiger partial charge >= 0.3 is 100 Å². The molecule has 0 radical (unpaired) electrons. The normalized spacial score (nSPS) is 11.9. The standard InChI is InChI=1S/C7H9I3S/c1-4-5(2)7(10(8)9)11-6(4)3/h1-3H3. The fourth-order valence-corrected chi connectivity index (χ4v) is 11.7. The Kier molecular flexibility index (Phi) is 4.39. The average molecular weight is 506 g/mol. The molecule has 64 valence electrons. The number of hydrogen-bond donors (Lipinski definition) is 0. The SMILES string of the molecule is Cc1sc(I(I)I)c(C)c1C. The molecule has 1 heterocycles. The summed E-state index contributed by atoms with van der Waals surface area (Å²) < 4.78 is 1.69.